The predicted molar refractivity (Wildman–Crippen MR) is 146 cm³/mol. The minimum atomic E-state index is -1.33. The maximum atomic E-state index is 14.6. The zero-order valence-corrected chi connectivity index (χ0v) is 23.2. The van der Waals surface area contributed by atoms with Gasteiger partial charge in [0.1, 0.15) is 11.5 Å². The van der Waals surface area contributed by atoms with Gasteiger partial charge in [-0.15, -0.1) is 0 Å². The van der Waals surface area contributed by atoms with Gasteiger partial charge in [-0.1, -0.05) is 71.9 Å². The van der Waals surface area contributed by atoms with Crippen LogP contribution in [0.4, 0.5) is 0 Å². The number of carbonyl (C=O) groups is 1. The Morgan fingerprint density at radius 2 is 1.59 bits per heavy atom. The number of ether oxygens (including phenoxy) is 2. The molecule has 0 bridgehead atoms. The lowest BCUT2D eigenvalue weighted by Crippen LogP contribution is -2.67. The molecule has 0 saturated carbocycles. The molecule has 1 fully saturated rings. The summed E-state index contributed by atoms with van der Waals surface area (Å²) in [5.74, 6) is -0.828. The van der Waals surface area contributed by atoms with Gasteiger partial charge in [-0.25, -0.2) is 4.99 Å². The first-order valence-corrected chi connectivity index (χ1v) is 13.5. The highest BCUT2D eigenvalue weighted by molar-refractivity contribution is 5.93. The van der Waals surface area contributed by atoms with Gasteiger partial charge in [0.2, 0.25) is 5.54 Å². The molecule has 6 heteroatoms. The molecule has 1 amide bonds. The van der Waals surface area contributed by atoms with Gasteiger partial charge in [0.25, 0.3) is 11.7 Å². The van der Waals surface area contributed by atoms with Gasteiger partial charge < -0.3 is 19.5 Å². The predicted octanol–water partition coefficient (Wildman–Crippen LogP) is 6.04. The molecule has 1 N–H and O–H groups in total. The van der Waals surface area contributed by atoms with Crippen LogP contribution in [0, 0.1) is 0 Å². The number of para-hydroxylation sites is 1. The number of rotatable bonds is 2. The normalized spacial score (nSPS) is 27.2. The summed E-state index contributed by atoms with van der Waals surface area (Å²) in [7, 11) is 0. The van der Waals surface area contributed by atoms with Gasteiger partial charge in [-0.3, -0.25) is 4.79 Å². The van der Waals surface area contributed by atoms with E-state index in [1.807, 2.05) is 36.1 Å². The highest BCUT2D eigenvalue weighted by atomic mass is 16.7. The monoisotopic (exact) mass is 504 g/mol. The van der Waals surface area contributed by atoms with E-state index in [1.54, 1.807) is 0 Å². The molecule has 198 valence electrons. The summed E-state index contributed by atoms with van der Waals surface area (Å²) in [6, 6.07) is 12.0. The van der Waals surface area contributed by atoms with Crippen LogP contribution in [0.2, 0.25) is 0 Å². The Kier molecular flexibility index (Phi) is 5.89. The summed E-state index contributed by atoms with van der Waals surface area (Å²) in [4.78, 5) is 21.4. The minimum Gasteiger partial charge on any atom is -0.507 e. The Morgan fingerprint density at radius 3 is 2.19 bits per heavy atom. The lowest BCUT2D eigenvalue weighted by molar-refractivity contribution is -0.178. The summed E-state index contributed by atoms with van der Waals surface area (Å²) in [6.07, 6.45) is 4.48. The van der Waals surface area contributed by atoms with Crippen molar-refractivity contribution in [2.24, 2.45) is 4.99 Å². The topological polar surface area (TPSA) is 71.4 Å². The Labute approximate surface area is 220 Å². The van der Waals surface area contributed by atoms with Crippen LogP contribution in [0.5, 0.6) is 11.5 Å². The molecule has 2 aromatic rings. The number of aromatic hydroxyl groups is 1. The molecule has 2 aromatic carbocycles. The van der Waals surface area contributed by atoms with E-state index in [2.05, 4.69) is 53.7 Å². The Morgan fingerprint density at radius 1 is 1.00 bits per heavy atom. The fraction of sp³-hybridized carbons (Fsp3) is 0.548. The molecule has 1 saturated heterocycles. The van der Waals surface area contributed by atoms with Gasteiger partial charge in [-0.05, 0) is 52.8 Å². The van der Waals surface area contributed by atoms with Crippen molar-refractivity contribution < 1.29 is 19.4 Å². The quantitative estimate of drug-likeness (QED) is 0.541. The second-order valence-electron chi connectivity index (χ2n) is 13.0. The number of phenols is 1. The molecule has 3 aliphatic heterocycles. The summed E-state index contributed by atoms with van der Waals surface area (Å²) in [5, 5.41) is 11.4. The molecule has 6 nitrogen and oxygen atoms in total. The first-order valence-electron chi connectivity index (χ1n) is 13.5. The lowest BCUT2D eigenvalue weighted by Gasteiger charge is -2.49. The summed E-state index contributed by atoms with van der Waals surface area (Å²) in [5.41, 5.74) is 1.58. The van der Waals surface area contributed by atoms with Crippen LogP contribution in [-0.4, -0.2) is 46.7 Å². The second kappa shape index (κ2) is 8.50. The smallest absolute Gasteiger partial charge is 0.284 e. The molecule has 0 aliphatic carbocycles. The van der Waals surface area contributed by atoms with E-state index in [1.165, 1.54) is 6.40 Å². The van der Waals surface area contributed by atoms with Crippen LogP contribution in [-0.2, 0) is 20.4 Å². The second-order valence-corrected chi connectivity index (χ2v) is 13.0. The van der Waals surface area contributed by atoms with Crippen molar-refractivity contribution in [1.29, 1.82) is 0 Å². The van der Waals surface area contributed by atoms with Gasteiger partial charge in [0.15, 0.2) is 6.40 Å². The number of hydrogen-bond acceptors (Lipinski definition) is 5. The number of nitrogens with zero attached hydrogens (tertiary/aromatic N) is 2. The maximum absolute atomic E-state index is 14.6. The number of amides is 1. The molecule has 5 rings (SSSR count). The summed E-state index contributed by atoms with van der Waals surface area (Å²) in [6.45, 7) is 15.9. The van der Waals surface area contributed by atoms with Gasteiger partial charge in [-0.2, -0.15) is 0 Å². The molecule has 0 aromatic heterocycles. The number of fused-ring (bicyclic) bond motifs is 2. The standard InChI is InChI=1S/C31H40N2O4/c1-28(2,3)22-17-20(18-23(26(22)34)29(4,5)6)25-21-13-9-10-14-24(21)37-30(7)31(25,32-19-36-30)27(35)33-15-11-8-12-16-33/h9-10,13-14,17-19,25,34H,8,11-12,15-16H2,1-7H3/t25-,30+,31+/m1/s1. The average Bonchev–Trinajstić information content (AvgIpc) is 3.18. The first-order chi connectivity index (χ1) is 17.3. The van der Waals surface area contributed by atoms with E-state index in [0.717, 1.165) is 41.5 Å². The molecule has 3 heterocycles. The maximum Gasteiger partial charge on any atom is 0.284 e. The lowest BCUT2D eigenvalue weighted by atomic mass is 9.66. The summed E-state index contributed by atoms with van der Waals surface area (Å²) < 4.78 is 12.6. The third kappa shape index (κ3) is 3.91. The van der Waals surface area contributed by atoms with E-state index >= 15 is 0 Å². The number of benzene rings is 2. The van der Waals surface area contributed by atoms with Crippen molar-refractivity contribution in [2.45, 2.75) is 95.8 Å². The van der Waals surface area contributed by atoms with E-state index in [4.69, 9.17) is 14.5 Å². The number of aliphatic imine (C=N–C) groups is 1. The molecule has 3 aliphatic rings. The van der Waals surface area contributed by atoms with Gasteiger partial charge in [0, 0.05) is 25.6 Å². The van der Waals surface area contributed by atoms with Crippen molar-refractivity contribution in [2.75, 3.05) is 13.1 Å². The van der Waals surface area contributed by atoms with E-state index in [-0.39, 0.29) is 16.7 Å². The first kappa shape index (κ1) is 25.6. The van der Waals surface area contributed by atoms with Crippen LogP contribution in [0.15, 0.2) is 41.4 Å². The molecular weight excluding hydrogens is 464 g/mol. The third-order valence-corrected chi connectivity index (χ3v) is 8.23. The largest absolute Gasteiger partial charge is 0.507 e. The fourth-order valence-electron chi connectivity index (χ4n) is 6.20. The highest BCUT2D eigenvalue weighted by Crippen LogP contribution is 2.57. The number of hydrogen-bond donors (Lipinski definition) is 1. The SMILES string of the molecule is CC(C)(C)c1cc([C@@H]2c3ccccc3O[C@]3(C)OC=N[C@]23C(=O)N2CCCCC2)cc(C(C)(C)C)c1O. The minimum absolute atomic E-state index is 0.0642. The Hall–Kier alpha value is -3.02. The van der Waals surface area contributed by atoms with Crippen molar-refractivity contribution >= 4 is 12.3 Å². The summed E-state index contributed by atoms with van der Waals surface area (Å²) >= 11 is 0. The average molecular weight is 505 g/mol. The number of likely N-dealkylation sites (tertiary alicyclic amines) is 1. The van der Waals surface area contributed by atoms with Gasteiger partial charge in [0.05, 0.1) is 5.92 Å². The van der Waals surface area contributed by atoms with Crippen LogP contribution < -0.4 is 4.74 Å². The zero-order chi connectivity index (χ0) is 26.8. The van der Waals surface area contributed by atoms with E-state index < -0.39 is 17.2 Å². The van der Waals surface area contributed by atoms with Crippen molar-refractivity contribution in [1.82, 2.24) is 4.90 Å². The van der Waals surface area contributed by atoms with E-state index in [9.17, 15) is 9.90 Å². The molecule has 0 unspecified atom stereocenters. The van der Waals surface area contributed by atoms with Gasteiger partial charge >= 0.3 is 0 Å². The van der Waals surface area contributed by atoms with Crippen molar-refractivity contribution in [3.63, 3.8) is 0 Å². The molecular formula is C31H40N2O4. The number of carbonyl (C=O) groups excluding carboxylic acids is 1. The fourth-order valence-corrected chi connectivity index (χ4v) is 6.20. The number of phenolic OH excluding ortho intramolecular Hbond substituents is 1. The third-order valence-electron chi connectivity index (χ3n) is 8.23. The van der Waals surface area contributed by atoms with Crippen LogP contribution in [0.25, 0.3) is 0 Å². The molecule has 37 heavy (non-hydrogen) atoms. The van der Waals surface area contributed by atoms with Crippen LogP contribution in [0.1, 0.15) is 95.9 Å². The highest BCUT2D eigenvalue weighted by Gasteiger charge is 2.69. The molecule has 0 spiro atoms. The zero-order valence-electron chi connectivity index (χ0n) is 23.2. The van der Waals surface area contributed by atoms with Crippen LogP contribution in [0.3, 0.4) is 0 Å². The molecule has 3 atom stereocenters. The Balaban J connectivity index is 1.82. The van der Waals surface area contributed by atoms with Crippen molar-refractivity contribution in [3.8, 4) is 11.5 Å². The van der Waals surface area contributed by atoms with Crippen molar-refractivity contribution in [3.05, 3.63) is 58.7 Å². The molecule has 0 radical (unpaired) electrons. The Bertz CT molecular complexity index is 1210. The van der Waals surface area contributed by atoms with E-state index in [0.29, 0.717) is 24.6 Å². The number of piperidine rings is 1. The van der Waals surface area contributed by atoms with Crippen LogP contribution >= 0.6 is 0 Å².